The third-order valence-electron chi connectivity index (χ3n) is 2.82. The molecule has 2 heterocycles. The molecule has 0 aliphatic heterocycles. The van der Waals surface area contributed by atoms with Crippen LogP contribution in [0.4, 0.5) is 0 Å². The van der Waals surface area contributed by atoms with Crippen molar-refractivity contribution in [2.24, 2.45) is 5.14 Å². The van der Waals surface area contributed by atoms with Crippen molar-refractivity contribution in [1.29, 1.82) is 0 Å². The van der Waals surface area contributed by atoms with Crippen LogP contribution in [0.25, 0.3) is 10.4 Å². The molecule has 102 valence electrons. The van der Waals surface area contributed by atoms with Crippen LogP contribution in [0.5, 0.6) is 0 Å². The number of aryl methyl sites for hydroxylation is 2. The molecule has 0 bridgehead atoms. The van der Waals surface area contributed by atoms with Crippen molar-refractivity contribution in [3.05, 3.63) is 39.8 Å². The number of aromatic nitrogens is 1. The lowest BCUT2D eigenvalue weighted by Crippen LogP contribution is -2.13. The Kier molecular flexibility index (Phi) is 3.62. The SMILES string of the molecule is CCc1cc(-c2ccc(S(N)(=O)=O)s2)c(C)[nH]c1=O. The first-order valence-electron chi connectivity index (χ1n) is 5.68. The minimum atomic E-state index is -3.68. The lowest BCUT2D eigenvalue weighted by Gasteiger charge is -2.05. The van der Waals surface area contributed by atoms with Gasteiger partial charge in [-0.1, -0.05) is 6.92 Å². The minimum absolute atomic E-state index is 0.105. The Bertz CT molecular complexity index is 773. The second-order valence-electron chi connectivity index (χ2n) is 4.18. The maximum absolute atomic E-state index is 11.7. The first-order chi connectivity index (χ1) is 8.82. The first kappa shape index (κ1) is 14.0. The summed E-state index contributed by atoms with van der Waals surface area (Å²) in [7, 11) is -3.68. The predicted molar refractivity (Wildman–Crippen MR) is 75.9 cm³/mol. The summed E-state index contributed by atoms with van der Waals surface area (Å²) in [6.07, 6.45) is 0.621. The van der Waals surface area contributed by atoms with E-state index in [9.17, 15) is 13.2 Å². The number of sulfonamides is 1. The Balaban J connectivity index is 2.59. The Morgan fingerprint density at radius 1 is 1.37 bits per heavy atom. The van der Waals surface area contributed by atoms with Crippen LogP contribution < -0.4 is 10.7 Å². The summed E-state index contributed by atoms with van der Waals surface area (Å²) in [6.45, 7) is 3.68. The Morgan fingerprint density at radius 3 is 2.58 bits per heavy atom. The monoisotopic (exact) mass is 298 g/mol. The number of nitrogens with one attached hydrogen (secondary N) is 1. The standard InChI is InChI=1S/C12H14N2O3S2/c1-3-8-6-9(7(2)14-12(8)15)10-4-5-11(18-10)19(13,16)17/h4-6H,3H2,1-2H3,(H,14,15)(H2,13,16,17). The lowest BCUT2D eigenvalue weighted by molar-refractivity contribution is 0.600. The van der Waals surface area contributed by atoms with Gasteiger partial charge in [0.15, 0.2) is 0 Å². The van der Waals surface area contributed by atoms with Gasteiger partial charge in [-0.05, 0) is 31.5 Å². The van der Waals surface area contributed by atoms with Crippen molar-refractivity contribution >= 4 is 21.4 Å². The molecule has 0 aromatic carbocycles. The van der Waals surface area contributed by atoms with E-state index in [1.807, 2.05) is 6.92 Å². The zero-order valence-corrected chi connectivity index (χ0v) is 12.2. The van der Waals surface area contributed by atoms with Crippen molar-refractivity contribution in [3.8, 4) is 10.4 Å². The quantitative estimate of drug-likeness (QED) is 0.901. The second kappa shape index (κ2) is 4.92. The van der Waals surface area contributed by atoms with Crippen molar-refractivity contribution in [3.63, 3.8) is 0 Å². The summed E-state index contributed by atoms with van der Waals surface area (Å²) in [6, 6.07) is 4.98. The molecule has 0 unspecified atom stereocenters. The first-order valence-corrected chi connectivity index (χ1v) is 8.05. The Labute approximate surface area is 115 Å². The number of thiophene rings is 1. The largest absolute Gasteiger partial charge is 0.326 e. The third kappa shape index (κ3) is 2.78. The maximum Gasteiger partial charge on any atom is 0.251 e. The van der Waals surface area contributed by atoms with Gasteiger partial charge >= 0.3 is 0 Å². The highest BCUT2D eigenvalue weighted by Gasteiger charge is 2.14. The van der Waals surface area contributed by atoms with Gasteiger partial charge in [-0.25, -0.2) is 13.6 Å². The summed E-state index contributed by atoms with van der Waals surface area (Å²) in [5.41, 5.74) is 2.11. The molecule has 0 amide bonds. The molecule has 0 atom stereocenters. The number of hydrogen-bond donors (Lipinski definition) is 2. The number of hydrogen-bond acceptors (Lipinski definition) is 4. The molecule has 0 spiro atoms. The number of rotatable bonds is 3. The average Bonchev–Trinajstić information content (AvgIpc) is 2.78. The van der Waals surface area contributed by atoms with Crippen molar-refractivity contribution in [1.82, 2.24) is 4.98 Å². The van der Waals surface area contributed by atoms with Crippen LogP contribution in [0.3, 0.4) is 0 Å². The summed E-state index contributed by atoms with van der Waals surface area (Å²) >= 11 is 1.10. The molecule has 3 N–H and O–H groups in total. The molecule has 0 aliphatic carbocycles. The number of primary sulfonamides is 1. The number of aromatic amines is 1. The minimum Gasteiger partial charge on any atom is -0.326 e. The van der Waals surface area contributed by atoms with E-state index >= 15 is 0 Å². The van der Waals surface area contributed by atoms with Crippen LogP contribution >= 0.6 is 11.3 Å². The fraction of sp³-hybridized carbons (Fsp3) is 0.250. The maximum atomic E-state index is 11.7. The molecule has 0 fully saturated rings. The highest BCUT2D eigenvalue weighted by atomic mass is 32.2. The zero-order chi connectivity index (χ0) is 14.2. The lowest BCUT2D eigenvalue weighted by atomic mass is 10.1. The molecule has 0 saturated carbocycles. The molecule has 0 radical (unpaired) electrons. The predicted octanol–water partition coefficient (Wildman–Crippen LogP) is 1.62. The van der Waals surface area contributed by atoms with Crippen molar-refractivity contribution in [2.45, 2.75) is 24.5 Å². The molecular formula is C12H14N2O3S2. The molecular weight excluding hydrogens is 284 g/mol. The van der Waals surface area contributed by atoms with E-state index in [0.29, 0.717) is 17.7 Å². The van der Waals surface area contributed by atoms with E-state index in [1.165, 1.54) is 6.07 Å². The molecule has 2 rings (SSSR count). The van der Waals surface area contributed by atoms with Gasteiger partial charge in [-0.3, -0.25) is 4.79 Å². The van der Waals surface area contributed by atoms with Crippen LogP contribution in [0.15, 0.2) is 27.2 Å². The third-order valence-corrected chi connectivity index (χ3v) is 5.38. The summed E-state index contributed by atoms with van der Waals surface area (Å²) in [5, 5.41) is 5.09. The van der Waals surface area contributed by atoms with Crippen LogP contribution in [0, 0.1) is 6.92 Å². The number of pyridine rings is 1. The topological polar surface area (TPSA) is 93.0 Å². The fourth-order valence-corrected chi connectivity index (χ4v) is 3.60. The normalized spacial score (nSPS) is 11.7. The Hall–Kier alpha value is -1.44. The summed E-state index contributed by atoms with van der Waals surface area (Å²) in [5.74, 6) is 0. The van der Waals surface area contributed by atoms with Gasteiger partial charge in [0.05, 0.1) is 0 Å². The molecule has 19 heavy (non-hydrogen) atoms. The molecule has 0 aliphatic rings. The number of nitrogens with two attached hydrogens (primary N) is 1. The summed E-state index contributed by atoms with van der Waals surface area (Å²) < 4.78 is 22.7. The zero-order valence-electron chi connectivity index (χ0n) is 10.6. The van der Waals surface area contributed by atoms with Gasteiger partial charge in [-0.2, -0.15) is 0 Å². The van der Waals surface area contributed by atoms with Gasteiger partial charge in [0.2, 0.25) is 10.0 Å². The van der Waals surface area contributed by atoms with E-state index in [2.05, 4.69) is 4.98 Å². The highest BCUT2D eigenvalue weighted by molar-refractivity contribution is 7.91. The van der Waals surface area contributed by atoms with Gasteiger partial charge in [0.25, 0.3) is 5.56 Å². The van der Waals surface area contributed by atoms with E-state index in [1.54, 1.807) is 19.1 Å². The second-order valence-corrected chi connectivity index (χ2v) is 7.05. The molecule has 7 heteroatoms. The van der Waals surface area contributed by atoms with Crippen LogP contribution in [0.2, 0.25) is 0 Å². The Morgan fingerprint density at radius 2 is 2.05 bits per heavy atom. The van der Waals surface area contributed by atoms with E-state index in [-0.39, 0.29) is 9.77 Å². The fourth-order valence-electron chi connectivity index (χ4n) is 1.80. The van der Waals surface area contributed by atoms with Gasteiger partial charge in [-0.15, -0.1) is 11.3 Å². The molecule has 2 aromatic heterocycles. The van der Waals surface area contributed by atoms with Crippen LogP contribution in [-0.4, -0.2) is 13.4 Å². The number of H-pyrrole nitrogens is 1. The molecule has 5 nitrogen and oxygen atoms in total. The van der Waals surface area contributed by atoms with E-state index < -0.39 is 10.0 Å². The smallest absolute Gasteiger partial charge is 0.251 e. The molecule has 0 saturated heterocycles. The summed E-state index contributed by atoms with van der Waals surface area (Å²) in [4.78, 5) is 15.2. The molecule has 2 aromatic rings. The van der Waals surface area contributed by atoms with Gasteiger partial charge in [0, 0.05) is 21.7 Å². The van der Waals surface area contributed by atoms with Crippen molar-refractivity contribution < 1.29 is 8.42 Å². The average molecular weight is 298 g/mol. The van der Waals surface area contributed by atoms with E-state index in [4.69, 9.17) is 5.14 Å². The van der Waals surface area contributed by atoms with Gasteiger partial charge in [0.1, 0.15) is 4.21 Å². The van der Waals surface area contributed by atoms with Crippen LogP contribution in [0.1, 0.15) is 18.2 Å². The highest BCUT2D eigenvalue weighted by Crippen LogP contribution is 2.31. The van der Waals surface area contributed by atoms with Gasteiger partial charge < -0.3 is 4.98 Å². The van der Waals surface area contributed by atoms with E-state index in [0.717, 1.165) is 21.8 Å². The van der Waals surface area contributed by atoms with Crippen molar-refractivity contribution in [2.75, 3.05) is 0 Å². The van der Waals surface area contributed by atoms with Crippen LogP contribution in [-0.2, 0) is 16.4 Å².